The second kappa shape index (κ2) is 43.2. The van der Waals surface area contributed by atoms with Crippen LogP contribution in [0.3, 0.4) is 0 Å². The quantitative estimate of drug-likeness (QED) is 0.0117. The van der Waals surface area contributed by atoms with Crippen LogP contribution in [-0.4, -0.2) is 230 Å². The Morgan fingerprint density at radius 1 is 0.664 bits per heavy atom. The zero-order valence-electron chi connectivity index (χ0n) is 62.4. The molecule has 3 aromatic carbocycles. The Kier molecular flexibility index (Phi) is 33.1. The van der Waals surface area contributed by atoms with Crippen LogP contribution in [0, 0.1) is 18.7 Å². The Hall–Kier alpha value is -9.55. The van der Waals surface area contributed by atoms with Crippen LogP contribution in [-0.2, 0) is 129 Å². The summed E-state index contributed by atoms with van der Waals surface area (Å²) in [5.74, 6) is -5.46. The van der Waals surface area contributed by atoms with E-state index in [1.165, 1.54) is 15.5 Å². The molecule has 2 aromatic heterocycles. The number of amides is 9. The Morgan fingerprint density at radius 2 is 1.27 bits per heavy atom. The van der Waals surface area contributed by atoms with Crippen molar-refractivity contribution in [1.29, 1.82) is 0 Å². The topological polar surface area (TPSA) is 406 Å². The zero-order valence-corrected chi connectivity index (χ0v) is 62.4. The summed E-state index contributed by atoms with van der Waals surface area (Å²) in [6.07, 6.45) is 3.66. The van der Waals surface area contributed by atoms with Gasteiger partial charge < -0.3 is 94.3 Å². The van der Waals surface area contributed by atoms with Gasteiger partial charge in [-0.3, -0.25) is 52.8 Å². The van der Waals surface area contributed by atoms with Crippen molar-refractivity contribution < 1.29 is 105 Å². The summed E-state index contributed by atoms with van der Waals surface area (Å²) >= 11 is 0. The number of halogens is 1. The lowest BCUT2D eigenvalue weighted by Crippen LogP contribution is -2.52. The molecular formula is C77H99FN10O22. The number of hydrogen-bond donors (Lipinski definition) is 8. The van der Waals surface area contributed by atoms with Gasteiger partial charge >= 0.3 is 5.97 Å². The number of aromatic nitrogens is 2. The van der Waals surface area contributed by atoms with Crippen molar-refractivity contribution in [2.24, 2.45) is 5.92 Å². The number of nitrogens with one attached hydrogen (secondary N) is 7. The number of benzene rings is 3. The standard InChI is InChI=1S/C77H99FN10O22/c1-4-77(100)57-39-62-71-55(44-88(62)75(98)56(57)46-110-76(77)99)70-59(19-18-54-50(3)58(78)40-60(85-71)69(54)70)86-72(95)53-16-14-52(15-17-53)45-109-48-83-65(91)42-82-73(96)61(38-51-11-7-5-8-12-51)84-66(92)43-80-64(90)41-81-67(93)47-108-36-35-107-34-33-106-32-31-105-30-29-104-28-27-103-26-25-102-24-23-101-22-20-79-63(89)13-9-6-10-21-87-68(94)37-49(2)74(87)97/h5,7-8,11-12,14-17,39-40,49,59,61,100H,4,6,9-10,13,18-38,41-48H2,1-3H3,(H,79,89)(H,80,90)(H,81,93)(H,82,96)(H,83,91)(H,84,92)(H,86,95)/t49?,59-,61-,77-/m0/s1. The molecule has 1 aliphatic carbocycles. The monoisotopic (exact) mass is 1530 g/mol. The minimum absolute atomic E-state index is 0.0380. The molecule has 4 atom stereocenters. The van der Waals surface area contributed by atoms with Gasteiger partial charge in [0.1, 0.15) is 31.8 Å². The Labute approximate surface area is 635 Å². The third kappa shape index (κ3) is 24.2. The average Bonchev–Trinajstić information content (AvgIpc) is 1.52. The summed E-state index contributed by atoms with van der Waals surface area (Å²) in [4.78, 5) is 147. The van der Waals surface area contributed by atoms with Crippen LogP contribution < -0.4 is 42.8 Å². The maximum absolute atomic E-state index is 15.5. The van der Waals surface area contributed by atoms with Gasteiger partial charge in [0.25, 0.3) is 11.5 Å². The van der Waals surface area contributed by atoms with E-state index in [9.17, 15) is 57.8 Å². The fourth-order valence-electron chi connectivity index (χ4n) is 13.0. The summed E-state index contributed by atoms with van der Waals surface area (Å²) in [5, 5.41) is 30.6. The van der Waals surface area contributed by atoms with Gasteiger partial charge in [-0.25, -0.2) is 14.2 Å². The third-order valence-corrected chi connectivity index (χ3v) is 19.0. The van der Waals surface area contributed by atoms with Gasteiger partial charge in [0.15, 0.2) is 5.60 Å². The molecule has 0 bridgehead atoms. The molecule has 0 spiro atoms. The van der Waals surface area contributed by atoms with Gasteiger partial charge in [-0.15, -0.1) is 0 Å². The van der Waals surface area contributed by atoms with Crippen molar-refractivity contribution in [3.05, 3.63) is 133 Å². The number of carbonyl (C=O) groups excluding carboxylic acids is 10. The van der Waals surface area contributed by atoms with E-state index in [1.54, 1.807) is 81.4 Å². The summed E-state index contributed by atoms with van der Waals surface area (Å²) < 4.78 is 71.7. The third-order valence-electron chi connectivity index (χ3n) is 19.0. The van der Waals surface area contributed by atoms with E-state index in [-0.39, 0.29) is 107 Å². The number of likely N-dealkylation sites (tertiary alicyclic amines) is 1. The number of aryl methyl sites for hydroxylation is 1. The number of unbranched alkanes of at least 4 members (excludes halogenated alkanes) is 2. The lowest BCUT2D eigenvalue weighted by atomic mass is 9.81. The van der Waals surface area contributed by atoms with E-state index in [0.717, 1.165) is 12.0 Å². The first-order chi connectivity index (χ1) is 53.2. The molecule has 110 heavy (non-hydrogen) atoms. The predicted molar refractivity (Wildman–Crippen MR) is 392 cm³/mol. The van der Waals surface area contributed by atoms with Crippen molar-refractivity contribution in [2.75, 3.05) is 145 Å². The number of cyclic esters (lactones) is 1. The lowest BCUT2D eigenvalue weighted by molar-refractivity contribution is -0.172. The molecule has 5 heterocycles. The van der Waals surface area contributed by atoms with E-state index in [0.29, 0.717) is 180 Å². The highest BCUT2D eigenvalue weighted by Gasteiger charge is 2.46. The molecule has 596 valence electrons. The second-order valence-electron chi connectivity index (χ2n) is 26.7. The molecule has 3 aliphatic heterocycles. The number of nitrogens with zero attached hydrogens (tertiary/aromatic N) is 3. The second-order valence-corrected chi connectivity index (χ2v) is 26.7. The zero-order chi connectivity index (χ0) is 78.4. The Balaban J connectivity index is 0.559. The minimum atomic E-state index is -2.04. The molecule has 4 aliphatic rings. The normalized spacial score (nSPS) is 16.4. The van der Waals surface area contributed by atoms with Crippen molar-refractivity contribution in [3.63, 3.8) is 0 Å². The fourth-order valence-corrected chi connectivity index (χ4v) is 13.0. The molecule has 1 saturated heterocycles. The first-order valence-corrected chi connectivity index (χ1v) is 37.2. The first-order valence-electron chi connectivity index (χ1n) is 37.2. The summed E-state index contributed by atoms with van der Waals surface area (Å²) in [6, 6.07) is 16.7. The van der Waals surface area contributed by atoms with Crippen molar-refractivity contribution >= 4 is 70.0 Å². The number of carbonyl (C=O) groups is 10. The van der Waals surface area contributed by atoms with E-state index in [4.69, 9.17) is 52.4 Å². The van der Waals surface area contributed by atoms with E-state index in [2.05, 4.69) is 37.2 Å². The molecule has 32 nitrogen and oxygen atoms in total. The number of hydrogen-bond acceptors (Lipinski definition) is 23. The van der Waals surface area contributed by atoms with Crippen molar-refractivity contribution in [1.82, 2.24) is 51.7 Å². The van der Waals surface area contributed by atoms with Gasteiger partial charge in [-0.1, -0.05) is 62.7 Å². The van der Waals surface area contributed by atoms with E-state index in [1.807, 2.05) is 0 Å². The van der Waals surface area contributed by atoms with Crippen LogP contribution >= 0.6 is 0 Å². The highest BCUT2D eigenvalue weighted by molar-refractivity contribution is 6.03. The highest BCUT2D eigenvalue weighted by atomic mass is 19.1. The maximum Gasteiger partial charge on any atom is 0.343 e. The lowest BCUT2D eigenvalue weighted by Gasteiger charge is -2.31. The average molecular weight is 1540 g/mol. The van der Waals surface area contributed by atoms with E-state index >= 15 is 4.39 Å². The van der Waals surface area contributed by atoms with Gasteiger partial charge in [0.05, 0.1) is 160 Å². The van der Waals surface area contributed by atoms with E-state index < -0.39 is 90.1 Å². The molecular weight excluding hydrogens is 1440 g/mol. The number of ether oxygens (including phenoxy) is 10. The van der Waals surface area contributed by atoms with Crippen LogP contribution in [0.15, 0.2) is 71.5 Å². The number of aliphatic hydroxyl groups is 1. The molecule has 0 saturated carbocycles. The molecule has 5 aromatic rings. The van der Waals surface area contributed by atoms with Gasteiger partial charge in [-0.2, -0.15) is 0 Å². The molecule has 9 rings (SSSR count). The summed E-state index contributed by atoms with van der Waals surface area (Å²) in [5.41, 5.74) is 3.20. The molecule has 1 unspecified atom stereocenters. The number of imide groups is 1. The van der Waals surface area contributed by atoms with Crippen LogP contribution in [0.1, 0.15) is 120 Å². The van der Waals surface area contributed by atoms with Crippen LogP contribution in [0.25, 0.3) is 22.3 Å². The SMILES string of the molecule is CC[C@@]1(O)C(=O)OCc2c1cc1n(c2=O)Cc2c-1nc1cc(F)c(C)c3c1c2[C@@H](NC(=O)c1ccc(COCNC(=O)CNC(=O)[C@H](Cc2ccccc2)NC(=O)CNC(=O)CNC(=O)COCCOCCOCCOCCOCCOCCOCCOCCNC(=O)CCCCCN2C(=O)CC(C)C2=O)cc1)CC3. The Morgan fingerprint density at radius 3 is 1.91 bits per heavy atom. The van der Waals surface area contributed by atoms with Crippen molar-refractivity contribution in [2.45, 2.75) is 116 Å². The number of esters is 1. The summed E-state index contributed by atoms with van der Waals surface area (Å²) in [7, 11) is 0. The maximum atomic E-state index is 15.5. The largest absolute Gasteiger partial charge is 0.458 e. The first kappa shape index (κ1) is 84.5. The molecule has 9 amide bonds. The number of rotatable bonds is 49. The predicted octanol–water partition coefficient (Wildman–Crippen LogP) is 1.82. The number of fused-ring (bicyclic) bond motifs is 5. The summed E-state index contributed by atoms with van der Waals surface area (Å²) in [6.45, 7) is 8.79. The molecule has 8 N–H and O–H groups in total. The molecule has 0 radical (unpaired) electrons. The molecule has 1 fully saturated rings. The minimum Gasteiger partial charge on any atom is -0.458 e. The number of pyridine rings is 2. The highest BCUT2D eigenvalue weighted by Crippen LogP contribution is 2.46. The van der Waals surface area contributed by atoms with Crippen LogP contribution in [0.2, 0.25) is 0 Å². The van der Waals surface area contributed by atoms with Crippen molar-refractivity contribution in [3.8, 4) is 11.4 Å². The van der Waals surface area contributed by atoms with Crippen LogP contribution in [0.4, 0.5) is 4.39 Å². The van der Waals surface area contributed by atoms with Gasteiger partial charge in [0.2, 0.25) is 47.3 Å². The smallest absolute Gasteiger partial charge is 0.343 e. The van der Waals surface area contributed by atoms with Gasteiger partial charge in [-0.05, 0) is 85.0 Å². The fraction of sp³-hybridized carbons (Fsp3) is 0.532. The van der Waals surface area contributed by atoms with Gasteiger partial charge in [0, 0.05) is 66.4 Å². The molecule has 33 heteroatoms. The van der Waals surface area contributed by atoms with Crippen LogP contribution in [0.5, 0.6) is 0 Å². The Bertz CT molecular complexity index is 4090.